The summed E-state index contributed by atoms with van der Waals surface area (Å²) in [5, 5.41) is 0. The molecule has 0 bridgehead atoms. The van der Waals surface area contributed by atoms with Crippen LogP contribution in [0.2, 0.25) is 0 Å². The number of rotatable bonds is 4. The van der Waals surface area contributed by atoms with Gasteiger partial charge < -0.3 is 4.90 Å². The van der Waals surface area contributed by atoms with Crippen LogP contribution < -0.4 is 4.90 Å². The Labute approximate surface area is 142 Å². The average Bonchev–Trinajstić information content (AvgIpc) is 2.56. The van der Waals surface area contributed by atoms with Gasteiger partial charge in [0.05, 0.1) is 0 Å². The molecule has 0 aromatic heterocycles. The van der Waals surface area contributed by atoms with Gasteiger partial charge in [0.15, 0.2) is 0 Å². The lowest BCUT2D eigenvalue weighted by Gasteiger charge is -2.37. The van der Waals surface area contributed by atoms with E-state index in [0.717, 1.165) is 13.1 Å². The lowest BCUT2D eigenvalue weighted by molar-refractivity contribution is 0.258. The minimum Gasteiger partial charge on any atom is -0.368 e. The molecule has 2 heteroatoms. The van der Waals surface area contributed by atoms with Crippen molar-refractivity contribution in [1.82, 2.24) is 4.90 Å². The smallest absolute Gasteiger partial charge is 0.0443 e. The molecule has 1 aromatic carbocycles. The van der Waals surface area contributed by atoms with Crippen molar-refractivity contribution in [1.29, 1.82) is 0 Å². The van der Waals surface area contributed by atoms with Crippen LogP contribution >= 0.6 is 0 Å². The molecule has 0 radical (unpaired) electrons. The third-order valence-electron chi connectivity index (χ3n) is 5.47. The molecule has 0 N–H and O–H groups in total. The fourth-order valence-electron chi connectivity index (χ4n) is 3.87. The second-order valence-electron chi connectivity index (χ2n) is 7.94. The Morgan fingerprint density at radius 2 is 1.78 bits per heavy atom. The highest BCUT2D eigenvalue weighted by molar-refractivity contribution is 5.77. The first-order chi connectivity index (χ1) is 11.1. The minimum atomic E-state index is 0.476. The van der Waals surface area contributed by atoms with Crippen LogP contribution in [0.15, 0.2) is 30.3 Å². The van der Waals surface area contributed by atoms with Crippen LogP contribution in [0.5, 0.6) is 0 Å². The molecule has 1 saturated heterocycles. The van der Waals surface area contributed by atoms with Crippen molar-refractivity contribution in [3.05, 3.63) is 35.9 Å². The van der Waals surface area contributed by atoms with Crippen molar-refractivity contribution in [2.75, 3.05) is 37.6 Å². The van der Waals surface area contributed by atoms with Crippen molar-refractivity contribution in [3.63, 3.8) is 0 Å². The Hall–Kier alpha value is -1.28. The van der Waals surface area contributed by atoms with Gasteiger partial charge in [0.25, 0.3) is 0 Å². The molecule has 0 unspecified atom stereocenters. The summed E-state index contributed by atoms with van der Waals surface area (Å²) in [6.45, 7) is 13.0. The summed E-state index contributed by atoms with van der Waals surface area (Å²) in [4.78, 5) is 5.20. The summed E-state index contributed by atoms with van der Waals surface area (Å²) in [7, 11) is 0. The maximum atomic E-state index is 2.60. The summed E-state index contributed by atoms with van der Waals surface area (Å²) in [6, 6.07) is 9.06. The molecule has 3 rings (SSSR count). The van der Waals surface area contributed by atoms with Gasteiger partial charge in [0, 0.05) is 37.4 Å². The molecule has 0 amide bonds. The van der Waals surface area contributed by atoms with Gasteiger partial charge in [-0.3, -0.25) is 4.90 Å². The van der Waals surface area contributed by atoms with Gasteiger partial charge in [-0.15, -0.1) is 0 Å². The lowest BCUT2D eigenvalue weighted by atomic mass is 9.77. The Bertz CT molecular complexity index is 551. The topological polar surface area (TPSA) is 6.48 Å². The van der Waals surface area contributed by atoms with E-state index in [4.69, 9.17) is 0 Å². The van der Waals surface area contributed by atoms with Crippen LogP contribution in [0.1, 0.15) is 52.0 Å². The zero-order valence-corrected chi connectivity index (χ0v) is 15.1. The van der Waals surface area contributed by atoms with Gasteiger partial charge in [0.2, 0.25) is 0 Å². The highest BCUT2D eigenvalue weighted by Gasteiger charge is 2.24. The predicted octanol–water partition coefficient (Wildman–Crippen LogP) is 4.81. The molecule has 1 aliphatic heterocycles. The zero-order valence-electron chi connectivity index (χ0n) is 15.1. The number of nitrogens with zero attached hydrogens (tertiary/aromatic N) is 2. The molecular weight excluding hydrogens is 280 g/mol. The van der Waals surface area contributed by atoms with Crippen molar-refractivity contribution in [2.24, 2.45) is 5.41 Å². The van der Waals surface area contributed by atoms with E-state index >= 15 is 0 Å². The molecule has 0 atom stereocenters. The van der Waals surface area contributed by atoms with Gasteiger partial charge in [-0.05, 0) is 49.3 Å². The van der Waals surface area contributed by atoms with E-state index in [1.54, 1.807) is 5.57 Å². The fourth-order valence-corrected chi connectivity index (χ4v) is 3.87. The summed E-state index contributed by atoms with van der Waals surface area (Å²) in [5.41, 5.74) is 4.97. The summed E-state index contributed by atoms with van der Waals surface area (Å²) in [5.74, 6) is 0. The van der Waals surface area contributed by atoms with E-state index in [-0.39, 0.29) is 0 Å². The normalized spacial score (nSPS) is 22.0. The Morgan fingerprint density at radius 3 is 2.43 bits per heavy atom. The molecule has 2 aliphatic rings. The summed E-state index contributed by atoms with van der Waals surface area (Å²) in [6.07, 6.45) is 7.49. The second-order valence-corrected chi connectivity index (χ2v) is 7.94. The Balaban J connectivity index is 1.76. The standard InChI is InChI=1S/C21H32N2/c1-4-13-22-14-16-23(17-15-22)20-8-6-5-7-19(20)18-9-11-21(2,3)12-10-18/h5-9H,4,10-17H2,1-3H3. The molecule has 2 nitrogen and oxygen atoms in total. The number of anilines is 1. The van der Waals surface area contributed by atoms with E-state index in [0.29, 0.717) is 5.41 Å². The monoisotopic (exact) mass is 312 g/mol. The molecule has 1 aromatic rings. The first kappa shape index (κ1) is 16.6. The number of para-hydroxylation sites is 1. The van der Waals surface area contributed by atoms with Crippen molar-refractivity contribution >= 4 is 11.3 Å². The molecule has 0 saturated carbocycles. The third kappa shape index (κ3) is 3.98. The van der Waals surface area contributed by atoms with Crippen molar-refractivity contribution in [3.8, 4) is 0 Å². The largest absolute Gasteiger partial charge is 0.368 e. The van der Waals surface area contributed by atoms with Crippen LogP contribution in [-0.4, -0.2) is 37.6 Å². The molecule has 23 heavy (non-hydrogen) atoms. The van der Waals surface area contributed by atoms with Crippen molar-refractivity contribution < 1.29 is 0 Å². The number of allylic oxidation sites excluding steroid dienone is 2. The van der Waals surface area contributed by atoms with Crippen LogP contribution in [0, 0.1) is 5.41 Å². The molecule has 126 valence electrons. The highest BCUT2D eigenvalue weighted by atomic mass is 15.3. The first-order valence-corrected chi connectivity index (χ1v) is 9.35. The van der Waals surface area contributed by atoms with Gasteiger partial charge in [-0.2, -0.15) is 0 Å². The zero-order chi connectivity index (χ0) is 16.3. The first-order valence-electron chi connectivity index (χ1n) is 9.35. The van der Waals surface area contributed by atoms with Gasteiger partial charge >= 0.3 is 0 Å². The number of hydrogen-bond donors (Lipinski definition) is 0. The number of hydrogen-bond acceptors (Lipinski definition) is 2. The van der Waals surface area contributed by atoms with E-state index < -0.39 is 0 Å². The fraction of sp³-hybridized carbons (Fsp3) is 0.619. The van der Waals surface area contributed by atoms with E-state index in [2.05, 4.69) is 60.9 Å². The summed E-state index contributed by atoms with van der Waals surface area (Å²) < 4.78 is 0. The lowest BCUT2D eigenvalue weighted by Crippen LogP contribution is -2.46. The highest BCUT2D eigenvalue weighted by Crippen LogP contribution is 2.40. The maximum Gasteiger partial charge on any atom is 0.0443 e. The molecule has 1 fully saturated rings. The predicted molar refractivity (Wildman–Crippen MR) is 101 cm³/mol. The number of piperazine rings is 1. The quantitative estimate of drug-likeness (QED) is 0.787. The van der Waals surface area contributed by atoms with Gasteiger partial charge in [0.1, 0.15) is 0 Å². The molecule has 0 spiro atoms. The molecule has 1 aliphatic carbocycles. The van der Waals surface area contributed by atoms with Crippen LogP contribution in [0.3, 0.4) is 0 Å². The van der Waals surface area contributed by atoms with Crippen LogP contribution in [0.4, 0.5) is 5.69 Å². The number of benzene rings is 1. The third-order valence-corrected chi connectivity index (χ3v) is 5.47. The second kappa shape index (κ2) is 7.09. The van der Waals surface area contributed by atoms with E-state index in [1.165, 1.54) is 56.6 Å². The van der Waals surface area contributed by atoms with Crippen LogP contribution in [0.25, 0.3) is 5.57 Å². The average molecular weight is 313 g/mol. The minimum absolute atomic E-state index is 0.476. The summed E-state index contributed by atoms with van der Waals surface area (Å²) >= 11 is 0. The van der Waals surface area contributed by atoms with E-state index in [9.17, 15) is 0 Å². The van der Waals surface area contributed by atoms with E-state index in [1.807, 2.05) is 0 Å². The van der Waals surface area contributed by atoms with Crippen molar-refractivity contribution in [2.45, 2.75) is 46.5 Å². The Morgan fingerprint density at radius 1 is 1.04 bits per heavy atom. The Kier molecular flexibility index (Phi) is 5.11. The van der Waals surface area contributed by atoms with Gasteiger partial charge in [-0.1, -0.05) is 45.0 Å². The molecular formula is C21H32N2. The maximum absolute atomic E-state index is 2.60. The SMILES string of the molecule is CCCN1CCN(c2ccccc2C2=CCC(C)(C)CC2)CC1. The molecule has 1 heterocycles. The van der Waals surface area contributed by atoms with Gasteiger partial charge in [-0.25, -0.2) is 0 Å². The van der Waals surface area contributed by atoms with Crippen LogP contribution in [-0.2, 0) is 0 Å².